The van der Waals surface area contributed by atoms with Gasteiger partial charge in [-0.05, 0) is 50.2 Å². The number of hydrogen-bond acceptors (Lipinski definition) is 3. The first-order valence-electron chi connectivity index (χ1n) is 4.25. The van der Waals surface area contributed by atoms with Gasteiger partial charge in [0.15, 0.2) is 0 Å². The highest BCUT2D eigenvalue weighted by atomic mass is 79.9. The minimum atomic E-state index is 0.617. The number of aldehydes is 1. The fraction of sp³-hybridized carbons (Fsp3) is 0.300. The fourth-order valence-corrected chi connectivity index (χ4v) is 2.71. The average Bonchev–Trinajstić information content (AvgIpc) is 2.22. The third-order valence-electron chi connectivity index (χ3n) is 1.69. The van der Waals surface area contributed by atoms with Gasteiger partial charge in [0.1, 0.15) is 12.0 Å². The summed E-state index contributed by atoms with van der Waals surface area (Å²) in [7, 11) is 0. The van der Waals surface area contributed by atoms with Gasteiger partial charge in [-0.25, -0.2) is 0 Å². The zero-order chi connectivity index (χ0) is 11.3. The van der Waals surface area contributed by atoms with Crippen molar-refractivity contribution in [2.45, 2.75) is 0 Å². The van der Waals surface area contributed by atoms with E-state index in [2.05, 4.69) is 31.9 Å². The van der Waals surface area contributed by atoms with Crippen LogP contribution >= 0.6 is 43.6 Å². The average molecular weight is 354 g/mol. The lowest BCUT2D eigenvalue weighted by atomic mass is 10.2. The molecule has 0 atom stereocenters. The molecular weight excluding hydrogens is 344 g/mol. The Morgan fingerprint density at radius 1 is 1.40 bits per heavy atom. The lowest BCUT2D eigenvalue weighted by molar-refractivity contribution is 0.112. The molecule has 1 aromatic carbocycles. The number of halogens is 2. The van der Waals surface area contributed by atoms with Crippen molar-refractivity contribution in [2.75, 3.05) is 18.6 Å². The molecule has 82 valence electrons. The van der Waals surface area contributed by atoms with Crippen molar-refractivity contribution in [3.8, 4) is 5.75 Å². The van der Waals surface area contributed by atoms with E-state index in [9.17, 15) is 4.79 Å². The molecule has 1 rings (SSSR count). The van der Waals surface area contributed by atoms with Crippen molar-refractivity contribution in [3.05, 3.63) is 26.6 Å². The molecule has 0 bridgehead atoms. The molecular formula is C10H10Br2O2S. The van der Waals surface area contributed by atoms with Crippen molar-refractivity contribution < 1.29 is 9.53 Å². The van der Waals surface area contributed by atoms with Gasteiger partial charge in [0, 0.05) is 11.3 Å². The monoisotopic (exact) mass is 352 g/mol. The molecule has 0 saturated heterocycles. The second-order valence-corrected chi connectivity index (χ2v) is 5.47. The minimum Gasteiger partial charge on any atom is -0.490 e. The normalized spacial score (nSPS) is 10.1. The molecule has 0 aliphatic rings. The van der Waals surface area contributed by atoms with Crippen LogP contribution in [0.15, 0.2) is 21.1 Å². The lowest BCUT2D eigenvalue weighted by Gasteiger charge is -2.10. The van der Waals surface area contributed by atoms with Crippen LogP contribution in [-0.2, 0) is 0 Å². The molecule has 0 radical (unpaired) electrons. The number of benzene rings is 1. The minimum absolute atomic E-state index is 0.617. The van der Waals surface area contributed by atoms with Crippen LogP contribution in [0.5, 0.6) is 5.75 Å². The summed E-state index contributed by atoms with van der Waals surface area (Å²) >= 11 is 8.47. The highest BCUT2D eigenvalue weighted by molar-refractivity contribution is 9.11. The summed E-state index contributed by atoms with van der Waals surface area (Å²) in [6, 6.07) is 3.48. The fourth-order valence-electron chi connectivity index (χ4n) is 1.01. The largest absolute Gasteiger partial charge is 0.490 e. The van der Waals surface area contributed by atoms with E-state index in [0.29, 0.717) is 12.2 Å². The quantitative estimate of drug-likeness (QED) is 0.595. The Labute approximate surface area is 110 Å². The van der Waals surface area contributed by atoms with Gasteiger partial charge in [0.25, 0.3) is 0 Å². The van der Waals surface area contributed by atoms with E-state index in [1.165, 1.54) is 0 Å². The number of carbonyl (C=O) groups excluding carboxylic acids is 1. The lowest BCUT2D eigenvalue weighted by Crippen LogP contribution is -2.01. The molecule has 0 aliphatic heterocycles. The molecule has 0 N–H and O–H groups in total. The van der Waals surface area contributed by atoms with Crippen LogP contribution in [-0.4, -0.2) is 24.9 Å². The Balaban J connectivity index is 2.83. The Morgan fingerprint density at radius 3 is 2.47 bits per heavy atom. The predicted molar refractivity (Wildman–Crippen MR) is 71.1 cm³/mol. The summed E-state index contributed by atoms with van der Waals surface area (Å²) in [5, 5.41) is 0. The molecule has 1 aromatic rings. The van der Waals surface area contributed by atoms with Crippen LogP contribution in [0, 0.1) is 0 Å². The molecule has 0 heterocycles. The molecule has 0 saturated carbocycles. The zero-order valence-electron chi connectivity index (χ0n) is 8.13. The number of rotatable bonds is 5. The summed E-state index contributed by atoms with van der Waals surface area (Å²) in [5.74, 6) is 1.68. The Morgan fingerprint density at radius 2 is 2.00 bits per heavy atom. The maximum Gasteiger partial charge on any atom is 0.150 e. The highest BCUT2D eigenvalue weighted by Crippen LogP contribution is 2.34. The van der Waals surface area contributed by atoms with Crippen LogP contribution in [0.4, 0.5) is 0 Å². The highest BCUT2D eigenvalue weighted by Gasteiger charge is 2.08. The Bertz CT molecular complexity index is 332. The smallest absolute Gasteiger partial charge is 0.150 e. The molecule has 0 fully saturated rings. The van der Waals surface area contributed by atoms with Crippen LogP contribution in [0.3, 0.4) is 0 Å². The van der Waals surface area contributed by atoms with E-state index in [1.54, 1.807) is 23.9 Å². The maximum absolute atomic E-state index is 10.6. The zero-order valence-corrected chi connectivity index (χ0v) is 12.1. The number of ether oxygens (including phenoxy) is 1. The molecule has 0 spiro atoms. The molecule has 0 aliphatic carbocycles. The standard InChI is InChI=1S/C10H10Br2O2S/c1-15-3-2-14-10-8(11)4-7(6-13)5-9(10)12/h4-6H,2-3H2,1H3. The number of thioether (sulfide) groups is 1. The SMILES string of the molecule is CSCCOc1c(Br)cc(C=O)cc1Br. The number of carbonyl (C=O) groups is 1. The van der Waals surface area contributed by atoms with E-state index >= 15 is 0 Å². The molecule has 2 nitrogen and oxygen atoms in total. The van der Waals surface area contributed by atoms with Crippen molar-refractivity contribution >= 4 is 49.9 Å². The number of hydrogen-bond donors (Lipinski definition) is 0. The summed E-state index contributed by atoms with van der Waals surface area (Å²) in [6.07, 6.45) is 2.84. The maximum atomic E-state index is 10.6. The van der Waals surface area contributed by atoms with Gasteiger partial charge in [-0.1, -0.05) is 0 Å². The van der Waals surface area contributed by atoms with Gasteiger partial charge < -0.3 is 4.74 Å². The molecule has 0 unspecified atom stereocenters. The first-order valence-corrected chi connectivity index (χ1v) is 7.23. The van der Waals surface area contributed by atoms with E-state index in [-0.39, 0.29) is 0 Å². The van der Waals surface area contributed by atoms with E-state index in [4.69, 9.17) is 4.74 Å². The molecule has 0 aromatic heterocycles. The first kappa shape index (κ1) is 13.1. The van der Waals surface area contributed by atoms with Crippen LogP contribution in [0.1, 0.15) is 10.4 Å². The van der Waals surface area contributed by atoms with Crippen molar-refractivity contribution in [1.82, 2.24) is 0 Å². The second kappa shape index (κ2) is 6.55. The Kier molecular flexibility index (Phi) is 5.71. The molecule has 0 amide bonds. The van der Waals surface area contributed by atoms with E-state index in [1.807, 2.05) is 6.26 Å². The van der Waals surface area contributed by atoms with Gasteiger partial charge >= 0.3 is 0 Å². The van der Waals surface area contributed by atoms with Gasteiger partial charge in [-0.2, -0.15) is 11.8 Å². The summed E-state index contributed by atoms with van der Waals surface area (Å²) in [4.78, 5) is 10.6. The third kappa shape index (κ3) is 3.81. The molecule has 15 heavy (non-hydrogen) atoms. The van der Waals surface area contributed by atoms with Crippen LogP contribution in [0.25, 0.3) is 0 Å². The van der Waals surface area contributed by atoms with Gasteiger partial charge in [-0.15, -0.1) is 0 Å². The summed E-state index contributed by atoms with van der Waals surface area (Å²) < 4.78 is 7.16. The summed E-state index contributed by atoms with van der Waals surface area (Å²) in [5.41, 5.74) is 0.617. The Hall–Kier alpha value is -0.000000000000000111. The van der Waals surface area contributed by atoms with E-state index in [0.717, 1.165) is 26.7 Å². The van der Waals surface area contributed by atoms with Crippen molar-refractivity contribution in [2.24, 2.45) is 0 Å². The van der Waals surface area contributed by atoms with Crippen molar-refractivity contribution in [3.63, 3.8) is 0 Å². The summed E-state index contributed by atoms with van der Waals surface area (Å²) in [6.45, 7) is 0.652. The van der Waals surface area contributed by atoms with Gasteiger partial charge in [-0.3, -0.25) is 4.79 Å². The third-order valence-corrected chi connectivity index (χ3v) is 3.44. The van der Waals surface area contributed by atoms with Crippen molar-refractivity contribution in [1.29, 1.82) is 0 Å². The predicted octanol–water partition coefficient (Wildman–Crippen LogP) is 3.77. The van der Waals surface area contributed by atoms with Crippen LogP contribution < -0.4 is 4.74 Å². The topological polar surface area (TPSA) is 26.3 Å². The molecule has 5 heteroatoms. The second-order valence-electron chi connectivity index (χ2n) is 2.77. The van der Waals surface area contributed by atoms with Gasteiger partial charge in [0.2, 0.25) is 0 Å². The van der Waals surface area contributed by atoms with Crippen LogP contribution in [0.2, 0.25) is 0 Å². The van der Waals surface area contributed by atoms with E-state index < -0.39 is 0 Å². The first-order chi connectivity index (χ1) is 7.19. The van der Waals surface area contributed by atoms with Gasteiger partial charge in [0.05, 0.1) is 15.6 Å².